The Bertz CT molecular complexity index is 681. The summed E-state index contributed by atoms with van der Waals surface area (Å²) in [5.74, 6) is 0.216. The molecule has 0 aliphatic rings. The van der Waals surface area contributed by atoms with Crippen molar-refractivity contribution in [2.45, 2.75) is 20.3 Å². The van der Waals surface area contributed by atoms with Crippen molar-refractivity contribution in [3.05, 3.63) is 54.1 Å². The molecule has 2 aromatic carbocycles. The van der Waals surface area contributed by atoms with Crippen LogP contribution in [0.3, 0.4) is 0 Å². The zero-order valence-corrected chi connectivity index (χ0v) is 13.3. The predicted molar refractivity (Wildman–Crippen MR) is 90.7 cm³/mol. The molecule has 0 saturated heterocycles. The van der Waals surface area contributed by atoms with Gasteiger partial charge in [0.25, 0.3) is 5.91 Å². The van der Waals surface area contributed by atoms with Crippen molar-refractivity contribution >= 4 is 23.2 Å². The number of carbonyl (C=O) groups is 2. The summed E-state index contributed by atoms with van der Waals surface area (Å²) in [4.78, 5) is 22.8. The maximum atomic E-state index is 11.9. The zero-order chi connectivity index (χ0) is 16.7. The van der Waals surface area contributed by atoms with E-state index in [0.29, 0.717) is 11.4 Å². The van der Waals surface area contributed by atoms with E-state index in [1.807, 2.05) is 24.3 Å². The number of nitrogens with one attached hydrogen (secondary N) is 2. The van der Waals surface area contributed by atoms with Crippen LogP contribution in [0.4, 0.5) is 11.4 Å². The second-order valence-corrected chi connectivity index (χ2v) is 5.10. The van der Waals surface area contributed by atoms with Crippen LogP contribution in [0.1, 0.15) is 19.4 Å². The molecule has 0 atom stereocenters. The maximum Gasteiger partial charge on any atom is 0.262 e. The number of amides is 2. The molecule has 0 spiro atoms. The van der Waals surface area contributed by atoms with E-state index in [2.05, 4.69) is 17.6 Å². The third-order valence-corrected chi connectivity index (χ3v) is 3.16. The van der Waals surface area contributed by atoms with E-state index < -0.39 is 0 Å². The van der Waals surface area contributed by atoms with Crippen LogP contribution >= 0.6 is 0 Å². The maximum absolute atomic E-state index is 11.9. The van der Waals surface area contributed by atoms with E-state index in [1.54, 1.807) is 24.3 Å². The monoisotopic (exact) mass is 312 g/mol. The lowest BCUT2D eigenvalue weighted by molar-refractivity contribution is -0.118. The first-order valence-electron chi connectivity index (χ1n) is 7.46. The highest BCUT2D eigenvalue weighted by atomic mass is 16.5. The summed E-state index contributed by atoms with van der Waals surface area (Å²) < 4.78 is 5.43. The van der Waals surface area contributed by atoms with E-state index >= 15 is 0 Å². The first-order valence-corrected chi connectivity index (χ1v) is 7.46. The molecule has 2 N–H and O–H groups in total. The second kappa shape index (κ2) is 7.98. The number of benzene rings is 2. The molecule has 0 aliphatic carbocycles. The highest BCUT2D eigenvalue weighted by Gasteiger charge is 2.04. The average molecular weight is 312 g/mol. The van der Waals surface area contributed by atoms with Gasteiger partial charge in [-0.25, -0.2) is 0 Å². The van der Waals surface area contributed by atoms with Gasteiger partial charge in [-0.3, -0.25) is 9.59 Å². The largest absolute Gasteiger partial charge is 0.484 e. The fraction of sp³-hybridized carbons (Fsp3) is 0.222. The molecule has 0 unspecified atom stereocenters. The third kappa shape index (κ3) is 5.47. The summed E-state index contributed by atoms with van der Waals surface area (Å²) in [5, 5.41) is 5.47. The quantitative estimate of drug-likeness (QED) is 0.860. The molecule has 2 amide bonds. The molecule has 0 aliphatic heterocycles. The summed E-state index contributed by atoms with van der Waals surface area (Å²) in [6.07, 6.45) is 0.918. The molecule has 0 saturated carbocycles. The molecule has 5 nitrogen and oxygen atoms in total. The molecule has 0 aromatic heterocycles. The molecule has 0 bridgehead atoms. The van der Waals surface area contributed by atoms with Gasteiger partial charge in [-0.2, -0.15) is 0 Å². The van der Waals surface area contributed by atoms with Gasteiger partial charge in [0.15, 0.2) is 6.61 Å². The third-order valence-electron chi connectivity index (χ3n) is 3.16. The highest BCUT2D eigenvalue weighted by Crippen LogP contribution is 2.16. The van der Waals surface area contributed by atoms with Gasteiger partial charge < -0.3 is 15.4 Å². The predicted octanol–water partition coefficient (Wildman–Crippen LogP) is 3.22. The molecule has 0 fully saturated rings. The molecule has 0 heterocycles. The van der Waals surface area contributed by atoms with E-state index in [-0.39, 0.29) is 18.4 Å². The van der Waals surface area contributed by atoms with Gasteiger partial charge >= 0.3 is 0 Å². The lowest BCUT2D eigenvalue weighted by atomic mass is 10.1. The minimum atomic E-state index is -0.218. The van der Waals surface area contributed by atoms with Crippen LogP contribution < -0.4 is 15.4 Å². The van der Waals surface area contributed by atoms with Gasteiger partial charge in [-0.05, 0) is 48.4 Å². The molecule has 5 heteroatoms. The number of hydrogen-bond acceptors (Lipinski definition) is 3. The van der Waals surface area contributed by atoms with E-state index in [4.69, 9.17) is 4.74 Å². The number of anilines is 2. The Morgan fingerprint density at radius 2 is 1.74 bits per heavy atom. The zero-order valence-electron chi connectivity index (χ0n) is 13.3. The summed E-state index contributed by atoms with van der Waals surface area (Å²) in [7, 11) is 0. The molecule has 2 aromatic rings. The van der Waals surface area contributed by atoms with Crippen molar-refractivity contribution < 1.29 is 14.3 Å². The lowest BCUT2D eigenvalue weighted by Gasteiger charge is -2.09. The molecule has 23 heavy (non-hydrogen) atoms. The Labute approximate surface area is 135 Å². The Balaban J connectivity index is 1.85. The minimum absolute atomic E-state index is 0.0736. The Morgan fingerprint density at radius 3 is 2.39 bits per heavy atom. The van der Waals surface area contributed by atoms with Crippen LogP contribution in [0.15, 0.2) is 48.5 Å². The number of carbonyl (C=O) groups excluding carboxylic acids is 2. The SMILES string of the molecule is CCc1cccc(NC(=O)COc2ccc(NC(C)=O)cc2)c1. The summed E-state index contributed by atoms with van der Waals surface area (Å²) in [6, 6.07) is 14.6. The van der Waals surface area contributed by atoms with Crippen LogP contribution in [-0.4, -0.2) is 18.4 Å². The minimum Gasteiger partial charge on any atom is -0.484 e. The fourth-order valence-corrected chi connectivity index (χ4v) is 2.05. The van der Waals surface area contributed by atoms with Crippen molar-refractivity contribution in [1.82, 2.24) is 0 Å². The van der Waals surface area contributed by atoms with Crippen molar-refractivity contribution in [3.8, 4) is 5.75 Å². The first-order chi connectivity index (χ1) is 11.1. The van der Waals surface area contributed by atoms with Gasteiger partial charge in [0, 0.05) is 18.3 Å². The topological polar surface area (TPSA) is 67.4 Å². The number of aryl methyl sites for hydroxylation is 1. The number of hydrogen-bond donors (Lipinski definition) is 2. The van der Waals surface area contributed by atoms with E-state index in [1.165, 1.54) is 6.92 Å². The highest BCUT2D eigenvalue weighted by molar-refractivity contribution is 5.92. The first kappa shape index (κ1) is 16.5. The van der Waals surface area contributed by atoms with E-state index in [0.717, 1.165) is 17.7 Å². The van der Waals surface area contributed by atoms with Crippen LogP contribution in [-0.2, 0) is 16.0 Å². The number of rotatable bonds is 6. The summed E-state index contributed by atoms with van der Waals surface area (Å²) in [5.41, 5.74) is 2.61. The Morgan fingerprint density at radius 1 is 1.00 bits per heavy atom. The smallest absolute Gasteiger partial charge is 0.262 e. The molecule has 120 valence electrons. The second-order valence-electron chi connectivity index (χ2n) is 5.10. The van der Waals surface area contributed by atoms with Gasteiger partial charge in [0.05, 0.1) is 0 Å². The van der Waals surface area contributed by atoms with Gasteiger partial charge in [0.2, 0.25) is 5.91 Å². The van der Waals surface area contributed by atoms with Crippen LogP contribution in [0.5, 0.6) is 5.75 Å². The molecule has 0 radical (unpaired) electrons. The molecular weight excluding hydrogens is 292 g/mol. The fourth-order valence-electron chi connectivity index (χ4n) is 2.05. The molecule has 2 rings (SSSR count). The van der Waals surface area contributed by atoms with Crippen LogP contribution in [0.25, 0.3) is 0 Å². The van der Waals surface area contributed by atoms with Crippen molar-refractivity contribution in [1.29, 1.82) is 0 Å². The number of ether oxygens (including phenoxy) is 1. The Kier molecular flexibility index (Phi) is 5.74. The van der Waals surface area contributed by atoms with E-state index in [9.17, 15) is 9.59 Å². The normalized spacial score (nSPS) is 10.0. The summed E-state index contributed by atoms with van der Waals surface area (Å²) >= 11 is 0. The van der Waals surface area contributed by atoms with Crippen LogP contribution in [0, 0.1) is 0 Å². The van der Waals surface area contributed by atoms with Crippen molar-refractivity contribution in [2.75, 3.05) is 17.2 Å². The van der Waals surface area contributed by atoms with Crippen molar-refractivity contribution in [2.24, 2.45) is 0 Å². The van der Waals surface area contributed by atoms with Gasteiger partial charge in [-0.1, -0.05) is 19.1 Å². The van der Waals surface area contributed by atoms with Crippen molar-refractivity contribution in [3.63, 3.8) is 0 Å². The Hall–Kier alpha value is -2.82. The van der Waals surface area contributed by atoms with Gasteiger partial charge in [-0.15, -0.1) is 0 Å². The molecular formula is C18H20N2O3. The summed E-state index contributed by atoms with van der Waals surface area (Å²) in [6.45, 7) is 3.44. The van der Waals surface area contributed by atoms with Gasteiger partial charge in [0.1, 0.15) is 5.75 Å². The standard InChI is InChI=1S/C18H20N2O3/c1-3-14-5-4-6-16(11-14)20-18(22)12-23-17-9-7-15(8-10-17)19-13(2)21/h4-11H,3,12H2,1-2H3,(H,19,21)(H,20,22). The average Bonchev–Trinajstić information content (AvgIpc) is 2.54. The van der Waals surface area contributed by atoms with Crippen LogP contribution in [0.2, 0.25) is 0 Å². The lowest BCUT2D eigenvalue weighted by Crippen LogP contribution is -2.20.